The van der Waals surface area contributed by atoms with Gasteiger partial charge in [-0.2, -0.15) is 0 Å². The maximum Gasteiger partial charge on any atom is 0.248 e. The quantitative estimate of drug-likeness (QED) is 0.438. The molecule has 3 N–H and O–H groups in total. The molecular formula is C27H35N5O2S. The lowest BCUT2D eigenvalue weighted by atomic mass is 10.1. The van der Waals surface area contributed by atoms with Gasteiger partial charge >= 0.3 is 0 Å². The summed E-state index contributed by atoms with van der Waals surface area (Å²) in [6.07, 6.45) is -0.000530. The zero-order valence-corrected chi connectivity index (χ0v) is 21.8. The van der Waals surface area contributed by atoms with E-state index in [-0.39, 0.29) is 6.10 Å². The minimum atomic E-state index is -0.481. The summed E-state index contributed by atoms with van der Waals surface area (Å²) in [6.45, 7) is 13.9. The average Bonchev–Trinajstić information content (AvgIpc) is 3.29. The van der Waals surface area contributed by atoms with Gasteiger partial charge in [-0.05, 0) is 51.5 Å². The lowest BCUT2D eigenvalue weighted by Gasteiger charge is -2.36. The summed E-state index contributed by atoms with van der Waals surface area (Å²) in [4.78, 5) is 21.5. The molecule has 1 fully saturated rings. The van der Waals surface area contributed by atoms with Crippen molar-refractivity contribution in [1.82, 2.24) is 14.8 Å². The number of nitrogens with one attached hydrogen (secondary N) is 1. The number of piperazine rings is 1. The van der Waals surface area contributed by atoms with Gasteiger partial charge in [0.25, 0.3) is 0 Å². The second-order valence-electron chi connectivity index (χ2n) is 9.51. The Morgan fingerprint density at radius 1 is 1.09 bits per heavy atom. The molecule has 0 spiro atoms. The van der Waals surface area contributed by atoms with E-state index in [1.54, 1.807) is 18.2 Å². The molecule has 0 atom stereocenters. The Hall–Kier alpha value is -2.94. The smallest absolute Gasteiger partial charge is 0.248 e. The summed E-state index contributed by atoms with van der Waals surface area (Å²) >= 11 is 1.51. The van der Waals surface area contributed by atoms with Crippen molar-refractivity contribution in [3.63, 3.8) is 0 Å². The molecule has 4 rings (SSSR count). The second-order valence-corrected chi connectivity index (χ2v) is 10.4. The van der Waals surface area contributed by atoms with Crippen LogP contribution in [0.25, 0.3) is 11.3 Å². The number of benzene rings is 2. The molecule has 0 unspecified atom stereocenters. The van der Waals surface area contributed by atoms with Gasteiger partial charge < -0.3 is 15.8 Å². The van der Waals surface area contributed by atoms with Gasteiger partial charge in [-0.25, -0.2) is 4.98 Å². The Morgan fingerprint density at radius 3 is 2.43 bits per heavy atom. The number of anilines is 2. The number of carbonyl (C=O) groups is 1. The van der Waals surface area contributed by atoms with Crippen LogP contribution >= 0.6 is 11.3 Å². The Labute approximate surface area is 211 Å². The highest BCUT2D eigenvalue weighted by atomic mass is 32.1. The van der Waals surface area contributed by atoms with Crippen LogP contribution < -0.4 is 15.8 Å². The largest absolute Gasteiger partial charge is 0.489 e. The van der Waals surface area contributed by atoms with Crippen LogP contribution in [0.1, 0.15) is 43.6 Å². The third-order valence-electron chi connectivity index (χ3n) is 6.17. The third kappa shape index (κ3) is 6.60. The van der Waals surface area contributed by atoms with Crippen LogP contribution in [0.4, 0.5) is 10.8 Å². The number of thiazole rings is 1. The molecule has 2 aromatic carbocycles. The molecule has 2 heterocycles. The van der Waals surface area contributed by atoms with Gasteiger partial charge in [0.2, 0.25) is 5.91 Å². The molecule has 7 nitrogen and oxygen atoms in total. The zero-order chi connectivity index (χ0) is 24.9. The summed E-state index contributed by atoms with van der Waals surface area (Å²) < 4.78 is 5.89. The van der Waals surface area contributed by atoms with E-state index in [0.717, 1.165) is 49.1 Å². The molecule has 8 heteroatoms. The van der Waals surface area contributed by atoms with E-state index in [9.17, 15) is 4.79 Å². The molecule has 186 valence electrons. The van der Waals surface area contributed by atoms with E-state index in [1.165, 1.54) is 16.9 Å². The predicted octanol–water partition coefficient (Wildman–Crippen LogP) is 4.97. The molecule has 1 amide bonds. The molecule has 0 radical (unpaired) electrons. The van der Waals surface area contributed by atoms with Crippen LogP contribution in [0.5, 0.6) is 5.75 Å². The van der Waals surface area contributed by atoms with Crippen molar-refractivity contribution in [3.05, 3.63) is 59.0 Å². The van der Waals surface area contributed by atoms with Crippen molar-refractivity contribution in [2.75, 3.05) is 31.5 Å². The van der Waals surface area contributed by atoms with Gasteiger partial charge in [0.1, 0.15) is 5.75 Å². The van der Waals surface area contributed by atoms with Crippen LogP contribution in [0.15, 0.2) is 47.8 Å². The van der Waals surface area contributed by atoms with Gasteiger partial charge in [-0.3, -0.25) is 14.6 Å². The van der Waals surface area contributed by atoms with Crippen molar-refractivity contribution >= 4 is 28.1 Å². The fraction of sp³-hybridized carbons (Fsp3) is 0.407. The molecule has 1 aliphatic heterocycles. The number of aromatic nitrogens is 1. The topological polar surface area (TPSA) is 83.7 Å². The molecule has 0 bridgehead atoms. The standard InChI is InChI=1S/C27H35N5O2S/c1-18(2)32-13-11-31(12-14-32)16-20-5-7-21(8-6-20)24-17-35-27(30-24)29-23-15-22(26(28)33)9-10-25(23)34-19(3)4/h5-10,15,17-19H,11-14,16H2,1-4H3,(H2,28,33)(H,29,30). The SMILES string of the molecule is CC(C)Oc1ccc(C(N)=O)cc1Nc1nc(-c2ccc(CN3CCN(C(C)C)CC3)cc2)cs1. The van der Waals surface area contributed by atoms with Gasteiger partial charge in [-0.15, -0.1) is 11.3 Å². The first-order chi connectivity index (χ1) is 16.8. The number of carbonyl (C=O) groups excluding carboxylic acids is 1. The molecule has 1 aromatic heterocycles. The predicted molar refractivity (Wildman–Crippen MR) is 144 cm³/mol. The van der Waals surface area contributed by atoms with Crippen molar-refractivity contribution in [2.45, 2.75) is 46.4 Å². The Morgan fingerprint density at radius 2 is 1.80 bits per heavy atom. The monoisotopic (exact) mass is 493 g/mol. The molecule has 3 aromatic rings. The summed E-state index contributed by atoms with van der Waals surface area (Å²) in [5.41, 5.74) is 9.86. The van der Waals surface area contributed by atoms with Gasteiger partial charge in [0, 0.05) is 55.3 Å². The number of rotatable bonds is 9. The maximum atomic E-state index is 11.7. The van der Waals surface area contributed by atoms with Crippen molar-refractivity contribution in [1.29, 1.82) is 0 Å². The first kappa shape index (κ1) is 25.2. The average molecular weight is 494 g/mol. The van der Waals surface area contributed by atoms with E-state index in [2.05, 4.69) is 53.2 Å². The summed E-state index contributed by atoms with van der Waals surface area (Å²) in [7, 11) is 0. The molecule has 0 saturated carbocycles. The number of nitrogens with two attached hydrogens (primary N) is 1. The molecule has 1 saturated heterocycles. The number of ether oxygens (including phenoxy) is 1. The number of hydrogen-bond acceptors (Lipinski definition) is 7. The first-order valence-corrected chi connectivity index (χ1v) is 13.0. The number of hydrogen-bond donors (Lipinski definition) is 2. The van der Waals surface area contributed by atoms with Crippen molar-refractivity contribution in [2.24, 2.45) is 5.73 Å². The maximum absolute atomic E-state index is 11.7. The second kappa shape index (κ2) is 11.2. The number of nitrogens with zero attached hydrogens (tertiary/aromatic N) is 3. The molecule has 35 heavy (non-hydrogen) atoms. The van der Waals surface area contributed by atoms with Gasteiger partial charge in [0.15, 0.2) is 5.13 Å². The van der Waals surface area contributed by atoms with E-state index in [4.69, 9.17) is 15.5 Å². The molecule has 1 aliphatic rings. The Balaban J connectivity index is 1.42. The van der Waals surface area contributed by atoms with Crippen molar-refractivity contribution in [3.8, 4) is 17.0 Å². The summed E-state index contributed by atoms with van der Waals surface area (Å²) in [5, 5.41) is 6.06. The third-order valence-corrected chi connectivity index (χ3v) is 6.92. The number of amides is 1. The van der Waals surface area contributed by atoms with Crippen LogP contribution in [0, 0.1) is 0 Å². The van der Waals surface area contributed by atoms with E-state index in [1.807, 2.05) is 19.2 Å². The Bertz CT molecular complexity index is 1130. The molecule has 0 aliphatic carbocycles. The van der Waals surface area contributed by atoms with E-state index >= 15 is 0 Å². The summed E-state index contributed by atoms with van der Waals surface area (Å²) in [5.74, 6) is 0.172. The highest BCUT2D eigenvalue weighted by molar-refractivity contribution is 7.14. The lowest BCUT2D eigenvalue weighted by molar-refractivity contribution is 0.1000. The Kier molecular flexibility index (Phi) is 8.05. The minimum Gasteiger partial charge on any atom is -0.489 e. The van der Waals surface area contributed by atoms with E-state index < -0.39 is 5.91 Å². The zero-order valence-electron chi connectivity index (χ0n) is 21.0. The van der Waals surface area contributed by atoms with Crippen molar-refractivity contribution < 1.29 is 9.53 Å². The minimum absolute atomic E-state index is 0.000530. The summed E-state index contributed by atoms with van der Waals surface area (Å²) in [6, 6.07) is 14.4. The van der Waals surface area contributed by atoms with Crippen LogP contribution in [-0.4, -0.2) is 59.0 Å². The van der Waals surface area contributed by atoms with Crippen LogP contribution in [-0.2, 0) is 6.54 Å². The van der Waals surface area contributed by atoms with Crippen LogP contribution in [0.3, 0.4) is 0 Å². The van der Waals surface area contributed by atoms with E-state index in [0.29, 0.717) is 23.0 Å². The normalized spacial score (nSPS) is 15.0. The first-order valence-electron chi connectivity index (χ1n) is 12.2. The fourth-order valence-electron chi connectivity index (χ4n) is 4.19. The van der Waals surface area contributed by atoms with Gasteiger partial charge in [0.05, 0.1) is 17.5 Å². The molecular weight excluding hydrogens is 458 g/mol. The number of primary amides is 1. The van der Waals surface area contributed by atoms with Gasteiger partial charge in [-0.1, -0.05) is 24.3 Å². The fourth-order valence-corrected chi connectivity index (χ4v) is 4.93. The lowest BCUT2D eigenvalue weighted by Crippen LogP contribution is -2.48. The highest BCUT2D eigenvalue weighted by Gasteiger charge is 2.19. The van der Waals surface area contributed by atoms with Crippen LogP contribution in [0.2, 0.25) is 0 Å². The highest BCUT2D eigenvalue weighted by Crippen LogP contribution is 2.33.